The van der Waals surface area contributed by atoms with Crippen molar-refractivity contribution in [2.45, 2.75) is 11.8 Å². The van der Waals surface area contributed by atoms with Crippen LogP contribution in [0.3, 0.4) is 0 Å². The van der Waals surface area contributed by atoms with Gasteiger partial charge in [-0.3, -0.25) is 4.55 Å². The summed E-state index contributed by atoms with van der Waals surface area (Å²) in [6.45, 7) is 1.66. The lowest BCUT2D eigenvalue weighted by Crippen LogP contribution is -1.98. The van der Waals surface area contributed by atoms with E-state index < -0.39 is 26.5 Å². The molecule has 0 spiro atoms. The van der Waals surface area contributed by atoms with Gasteiger partial charge < -0.3 is 20.4 Å². The molecule has 2 aromatic rings. The molecule has 7 nitrogen and oxygen atoms in total. The van der Waals surface area contributed by atoms with Crippen LogP contribution in [-0.2, 0) is 10.1 Å². The van der Waals surface area contributed by atoms with E-state index in [-0.39, 0.29) is 11.5 Å². The Hall–Kier alpha value is -2.45. The SMILES string of the molecule is Cc1ccc(O)c(S(=O)(=O)O)c1.Oc1cccc(O)c1O. The maximum absolute atomic E-state index is 10.6. The summed E-state index contributed by atoms with van der Waals surface area (Å²) in [6, 6.07) is 7.97. The molecular formula is C13H14O7S. The molecule has 8 heteroatoms. The van der Waals surface area contributed by atoms with Gasteiger partial charge in [-0.2, -0.15) is 8.42 Å². The fourth-order valence-corrected chi connectivity index (χ4v) is 2.01. The largest absolute Gasteiger partial charge is 0.506 e. The highest BCUT2D eigenvalue weighted by molar-refractivity contribution is 7.86. The van der Waals surface area contributed by atoms with Gasteiger partial charge >= 0.3 is 0 Å². The van der Waals surface area contributed by atoms with Gasteiger partial charge in [-0.05, 0) is 36.8 Å². The van der Waals surface area contributed by atoms with E-state index in [0.717, 1.165) is 0 Å². The first kappa shape index (κ1) is 16.6. The Morgan fingerprint density at radius 2 is 1.38 bits per heavy atom. The van der Waals surface area contributed by atoms with Crippen LogP contribution in [0.15, 0.2) is 41.3 Å². The Morgan fingerprint density at radius 3 is 1.76 bits per heavy atom. The van der Waals surface area contributed by atoms with Crippen LogP contribution in [0.1, 0.15) is 5.56 Å². The number of hydrogen-bond acceptors (Lipinski definition) is 6. The molecule has 5 N–H and O–H groups in total. The minimum absolute atomic E-state index is 0.310. The summed E-state index contributed by atoms with van der Waals surface area (Å²) in [4.78, 5) is -0.456. The summed E-state index contributed by atoms with van der Waals surface area (Å²) < 4.78 is 29.8. The van der Waals surface area contributed by atoms with Crippen molar-refractivity contribution in [3.8, 4) is 23.0 Å². The Labute approximate surface area is 121 Å². The van der Waals surface area contributed by atoms with Crippen molar-refractivity contribution >= 4 is 10.1 Å². The lowest BCUT2D eigenvalue weighted by atomic mass is 10.2. The van der Waals surface area contributed by atoms with Gasteiger partial charge in [0.1, 0.15) is 10.6 Å². The molecule has 21 heavy (non-hydrogen) atoms. The normalized spacial score (nSPS) is 10.6. The van der Waals surface area contributed by atoms with Crippen LogP contribution in [0.2, 0.25) is 0 Å². The van der Waals surface area contributed by atoms with E-state index in [1.807, 2.05) is 0 Å². The number of benzene rings is 2. The fraction of sp³-hybridized carbons (Fsp3) is 0.0769. The van der Waals surface area contributed by atoms with Gasteiger partial charge in [-0.25, -0.2) is 0 Å². The zero-order chi connectivity index (χ0) is 16.2. The maximum atomic E-state index is 10.6. The zero-order valence-corrected chi connectivity index (χ0v) is 11.7. The first-order valence-electron chi connectivity index (χ1n) is 5.60. The number of aryl methyl sites for hydroxylation is 1. The summed E-state index contributed by atoms with van der Waals surface area (Å²) in [5.74, 6) is -1.54. The Bertz CT molecular complexity index is 718. The molecule has 0 bridgehead atoms. The number of phenolic OH excluding ortho intramolecular Hbond substituents is 4. The van der Waals surface area contributed by atoms with Gasteiger partial charge in [-0.1, -0.05) is 12.1 Å². The molecule has 0 unspecified atom stereocenters. The predicted molar refractivity (Wildman–Crippen MR) is 74.1 cm³/mol. The number of hydrogen-bond donors (Lipinski definition) is 5. The van der Waals surface area contributed by atoms with E-state index in [1.54, 1.807) is 13.0 Å². The van der Waals surface area contributed by atoms with Gasteiger partial charge in [0.2, 0.25) is 0 Å². The Balaban J connectivity index is 0.000000219. The molecule has 0 radical (unpaired) electrons. The van der Waals surface area contributed by atoms with Crippen molar-refractivity contribution in [2.24, 2.45) is 0 Å². The minimum Gasteiger partial charge on any atom is -0.506 e. The third kappa shape index (κ3) is 4.55. The first-order valence-corrected chi connectivity index (χ1v) is 7.04. The molecule has 0 aliphatic rings. The molecule has 0 saturated carbocycles. The van der Waals surface area contributed by atoms with Crippen molar-refractivity contribution in [3.63, 3.8) is 0 Å². The first-order chi connectivity index (χ1) is 9.62. The molecular weight excluding hydrogens is 300 g/mol. The quantitative estimate of drug-likeness (QED) is 0.399. The van der Waals surface area contributed by atoms with Gasteiger partial charge in [0.25, 0.3) is 10.1 Å². The van der Waals surface area contributed by atoms with Gasteiger partial charge in [0.15, 0.2) is 17.2 Å². The highest BCUT2D eigenvalue weighted by Gasteiger charge is 2.14. The number of para-hydroxylation sites is 1. The second kappa shape index (κ2) is 6.33. The summed E-state index contributed by atoms with van der Waals surface area (Å²) in [7, 11) is -4.31. The second-order valence-electron chi connectivity index (χ2n) is 4.09. The molecule has 0 aromatic heterocycles. The molecule has 0 saturated heterocycles. The van der Waals surface area contributed by atoms with Crippen LogP contribution < -0.4 is 0 Å². The molecule has 0 amide bonds. The van der Waals surface area contributed by atoms with Crippen LogP contribution in [0.5, 0.6) is 23.0 Å². The summed E-state index contributed by atoms with van der Waals surface area (Å²) in [5, 5.41) is 35.1. The molecule has 0 heterocycles. The standard InChI is InChI=1S/C7H8O4S.C6H6O3/c1-5-2-3-6(8)7(4-5)12(9,10)11;7-4-2-1-3-5(8)6(4)9/h2-4,8H,1H3,(H,9,10,11);1-3,7-9H. The lowest BCUT2D eigenvalue weighted by molar-refractivity contribution is 0.368. The summed E-state index contributed by atoms with van der Waals surface area (Å²) in [5.41, 5.74) is 0.653. The number of rotatable bonds is 1. The molecule has 0 atom stereocenters. The van der Waals surface area contributed by atoms with E-state index in [4.69, 9.17) is 25.0 Å². The fourth-order valence-electron chi connectivity index (χ4n) is 1.35. The average molecular weight is 314 g/mol. The monoisotopic (exact) mass is 314 g/mol. The van der Waals surface area contributed by atoms with E-state index in [2.05, 4.69) is 0 Å². The third-order valence-corrected chi connectivity index (χ3v) is 3.27. The molecule has 0 aliphatic carbocycles. The van der Waals surface area contributed by atoms with Crippen LogP contribution in [0, 0.1) is 6.92 Å². The minimum atomic E-state index is -4.31. The van der Waals surface area contributed by atoms with Gasteiger partial charge in [0.05, 0.1) is 0 Å². The Kier molecular flexibility index (Phi) is 5.01. The predicted octanol–water partition coefficient (Wildman–Crippen LogP) is 1.75. The van der Waals surface area contributed by atoms with Crippen molar-refractivity contribution in [1.82, 2.24) is 0 Å². The topological polar surface area (TPSA) is 135 Å². The molecule has 114 valence electrons. The number of aromatic hydroxyl groups is 4. The number of phenols is 4. The van der Waals surface area contributed by atoms with Crippen molar-refractivity contribution in [2.75, 3.05) is 0 Å². The zero-order valence-electron chi connectivity index (χ0n) is 10.9. The van der Waals surface area contributed by atoms with E-state index in [9.17, 15) is 8.42 Å². The molecule has 2 rings (SSSR count). The smallest absolute Gasteiger partial charge is 0.298 e. The van der Waals surface area contributed by atoms with Crippen molar-refractivity contribution in [1.29, 1.82) is 0 Å². The van der Waals surface area contributed by atoms with Crippen LogP contribution in [-0.4, -0.2) is 33.4 Å². The van der Waals surface area contributed by atoms with Crippen LogP contribution in [0.25, 0.3) is 0 Å². The van der Waals surface area contributed by atoms with Crippen molar-refractivity contribution < 1.29 is 33.4 Å². The van der Waals surface area contributed by atoms with Crippen molar-refractivity contribution in [3.05, 3.63) is 42.0 Å². The summed E-state index contributed by atoms with van der Waals surface area (Å²) in [6.07, 6.45) is 0. The molecule has 2 aromatic carbocycles. The van der Waals surface area contributed by atoms with E-state index in [0.29, 0.717) is 5.56 Å². The average Bonchev–Trinajstić information content (AvgIpc) is 2.38. The Morgan fingerprint density at radius 1 is 0.857 bits per heavy atom. The maximum Gasteiger partial charge on any atom is 0.298 e. The molecule has 0 aliphatic heterocycles. The van der Waals surface area contributed by atoms with Gasteiger partial charge in [-0.15, -0.1) is 0 Å². The van der Waals surface area contributed by atoms with Gasteiger partial charge in [0, 0.05) is 0 Å². The van der Waals surface area contributed by atoms with E-state index in [1.165, 1.54) is 30.3 Å². The lowest BCUT2D eigenvalue weighted by Gasteiger charge is -2.00. The molecule has 0 fully saturated rings. The highest BCUT2D eigenvalue weighted by atomic mass is 32.2. The third-order valence-electron chi connectivity index (χ3n) is 2.39. The van der Waals surface area contributed by atoms with E-state index >= 15 is 0 Å². The van der Waals surface area contributed by atoms with Crippen LogP contribution >= 0.6 is 0 Å². The second-order valence-corrected chi connectivity index (χ2v) is 5.48. The van der Waals surface area contributed by atoms with Crippen LogP contribution in [0.4, 0.5) is 0 Å². The summed E-state index contributed by atoms with van der Waals surface area (Å²) >= 11 is 0. The highest BCUT2D eigenvalue weighted by Crippen LogP contribution is 2.32.